The van der Waals surface area contributed by atoms with Crippen LogP contribution in [0, 0.1) is 11.8 Å². The zero-order valence-corrected chi connectivity index (χ0v) is 10.5. The lowest BCUT2D eigenvalue weighted by Crippen LogP contribution is -2.29. The molecule has 1 rings (SSSR count). The van der Waals surface area contributed by atoms with E-state index in [0.717, 1.165) is 0 Å². The van der Waals surface area contributed by atoms with Crippen LogP contribution in [0.2, 0.25) is 0 Å². The highest BCUT2D eigenvalue weighted by Crippen LogP contribution is 2.22. The Kier molecular flexibility index (Phi) is 4.32. The minimum Gasteiger partial charge on any atom is -0.481 e. The van der Waals surface area contributed by atoms with Gasteiger partial charge in [-0.25, -0.2) is 8.42 Å². The molecular weight excluding hydrogens is 230 g/mol. The molecule has 2 atom stereocenters. The Morgan fingerprint density at radius 2 is 2.06 bits per heavy atom. The van der Waals surface area contributed by atoms with E-state index in [1.165, 1.54) is 0 Å². The highest BCUT2D eigenvalue weighted by atomic mass is 32.2. The Morgan fingerprint density at radius 3 is 2.50 bits per heavy atom. The highest BCUT2D eigenvalue weighted by molar-refractivity contribution is 7.91. The molecule has 16 heavy (non-hydrogen) atoms. The zero-order chi connectivity index (χ0) is 12.3. The average molecular weight is 249 g/mol. The quantitative estimate of drug-likeness (QED) is 0.746. The topological polar surface area (TPSA) is 74.7 Å². The van der Waals surface area contributed by atoms with Gasteiger partial charge >= 0.3 is 5.97 Å². The zero-order valence-electron chi connectivity index (χ0n) is 9.72. The smallest absolute Gasteiger partial charge is 0.308 e. The number of hydrogen-bond acceptors (Lipinski definition) is 4. The van der Waals surface area contributed by atoms with Gasteiger partial charge in [-0.05, 0) is 5.92 Å². The Bertz CT molecular complexity index is 352. The molecule has 0 bridgehead atoms. The van der Waals surface area contributed by atoms with Crippen LogP contribution in [0.4, 0.5) is 0 Å². The monoisotopic (exact) mass is 249 g/mol. The van der Waals surface area contributed by atoms with Crippen molar-refractivity contribution in [1.82, 2.24) is 4.90 Å². The van der Waals surface area contributed by atoms with Crippen molar-refractivity contribution in [3.8, 4) is 0 Å². The second kappa shape index (κ2) is 5.14. The number of nitrogens with zero attached hydrogens (tertiary/aromatic N) is 1. The lowest BCUT2D eigenvalue weighted by atomic mass is 9.99. The minimum atomic E-state index is -2.95. The van der Waals surface area contributed by atoms with E-state index in [4.69, 9.17) is 5.11 Å². The summed E-state index contributed by atoms with van der Waals surface area (Å²) in [5.74, 6) is -0.763. The Hall–Kier alpha value is -0.620. The first-order valence-electron chi connectivity index (χ1n) is 5.51. The Labute approximate surface area is 96.4 Å². The predicted molar refractivity (Wildman–Crippen MR) is 61.1 cm³/mol. The van der Waals surface area contributed by atoms with Crippen LogP contribution in [0.5, 0.6) is 0 Å². The fraction of sp³-hybridized carbons (Fsp3) is 0.900. The molecule has 0 amide bonds. The number of rotatable bonds is 5. The normalized spacial score (nSPS) is 27.1. The third-order valence-electron chi connectivity index (χ3n) is 3.16. The third-order valence-corrected chi connectivity index (χ3v) is 4.85. The summed E-state index contributed by atoms with van der Waals surface area (Å²) in [6, 6.07) is 0. The molecule has 1 N–H and O–H groups in total. The van der Waals surface area contributed by atoms with Crippen LogP contribution in [0.1, 0.15) is 13.8 Å². The molecule has 1 aliphatic heterocycles. The van der Waals surface area contributed by atoms with Crippen LogP contribution in [-0.4, -0.2) is 55.5 Å². The van der Waals surface area contributed by atoms with Gasteiger partial charge in [0, 0.05) is 25.4 Å². The van der Waals surface area contributed by atoms with Gasteiger partial charge in [0.2, 0.25) is 0 Å². The molecule has 94 valence electrons. The highest BCUT2D eigenvalue weighted by Gasteiger charge is 2.34. The molecule has 0 saturated carbocycles. The molecule has 0 aromatic rings. The maximum Gasteiger partial charge on any atom is 0.308 e. The maximum absolute atomic E-state index is 11.3. The summed E-state index contributed by atoms with van der Waals surface area (Å²) in [5, 5.41) is 8.93. The fourth-order valence-electron chi connectivity index (χ4n) is 1.98. The van der Waals surface area contributed by atoms with Crippen molar-refractivity contribution in [2.24, 2.45) is 11.8 Å². The van der Waals surface area contributed by atoms with E-state index in [9.17, 15) is 13.2 Å². The Balaban J connectivity index is 2.45. The first kappa shape index (κ1) is 13.4. The summed E-state index contributed by atoms with van der Waals surface area (Å²) >= 11 is 0. The molecule has 1 saturated heterocycles. The van der Waals surface area contributed by atoms with Crippen LogP contribution in [0.3, 0.4) is 0 Å². The molecule has 1 aliphatic rings. The fourth-order valence-corrected chi connectivity index (χ4v) is 2.81. The lowest BCUT2D eigenvalue weighted by Gasteiger charge is -2.14. The van der Waals surface area contributed by atoms with Crippen molar-refractivity contribution < 1.29 is 18.3 Å². The van der Waals surface area contributed by atoms with Crippen molar-refractivity contribution in [3.63, 3.8) is 0 Å². The largest absolute Gasteiger partial charge is 0.481 e. The van der Waals surface area contributed by atoms with Crippen molar-refractivity contribution in [1.29, 1.82) is 0 Å². The van der Waals surface area contributed by atoms with Gasteiger partial charge < -0.3 is 10.0 Å². The van der Waals surface area contributed by atoms with Crippen LogP contribution in [0.25, 0.3) is 0 Å². The van der Waals surface area contributed by atoms with E-state index in [0.29, 0.717) is 19.6 Å². The van der Waals surface area contributed by atoms with Gasteiger partial charge in [-0.3, -0.25) is 4.79 Å². The molecule has 1 fully saturated rings. The first-order valence-corrected chi connectivity index (χ1v) is 7.33. The van der Waals surface area contributed by atoms with Gasteiger partial charge in [0.15, 0.2) is 9.84 Å². The first-order chi connectivity index (χ1) is 7.35. The summed E-state index contributed by atoms with van der Waals surface area (Å²) in [6.07, 6.45) is 0. The summed E-state index contributed by atoms with van der Waals surface area (Å²) < 4.78 is 22.6. The Morgan fingerprint density at radius 1 is 1.44 bits per heavy atom. The van der Waals surface area contributed by atoms with Gasteiger partial charge in [0.25, 0.3) is 0 Å². The van der Waals surface area contributed by atoms with Crippen LogP contribution in [-0.2, 0) is 14.6 Å². The molecule has 0 aromatic carbocycles. The van der Waals surface area contributed by atoms with E-state index in [2.05, 4.69) is 0 Å². The molecule has 0 radical (unpaired) electrons. The van der Waals surface area contributed by atoms with Crippen molar-refractivity contribution in [3.05, 3.63) is 0 Å². The van der Waals surface area contributed by atoms with E-state index < -0.39 is 15.8 Å². The SMILES string of the molecule is CCS(=O)(=O)CCN1C[C@@H](C)[C@H](C(=O)O)C1. The van der Waals surface area contributed by atoms with E-state index in [-0.39, 0.29) is 23.3 Å². The number of hydrogen-bond donors (Lipinski definition) is 1. The van der Waals surface area contributed by atoms with Gasteiger partial charge in [-0.15, -0.1) is 0 Å². The van der Waals surface area contributed by atoms with Crippen LogP contribution in [0.15, 0.2) is 0 Å². The van der Waals surface area contributed by atoms with E-state index in [1.54, 1.807) is 6.92 Å². The molecule has 6 heteroatoms. The molecule has 0 aromatic heterocycles. The second-order valence-electron chi connectivity index (χ2n) is 4.42. The third kappa shape index (κ3) is 3.45. The number of carboxylic acid groups (broad SMARTS) is 1. The molecule has 0 unspecified atom stereocenters. The molecule has 0 spiro atoms. The van der Waals surface area contributed by atoms with Crippen molar-refractivity contribution >= 4 is 15.8 Å². The molecule has 5 nitrogen and oxygen atoms in total. The molecule has 0 aliphatic carbocycles. The average Bonchev–Trinajstić information content (AvgIpc) is 2.57. The van der Waals surface area contributed by atoms with Crippen molar-refractivity contribution in [2.45, 2.75) is 13.8 Å². The van der Waals surface area contributed by atoms with E-state index >= 15 is 0 Å². The summed E-state index contributed by atoms with van der Waals surface area (Å²) in [5.41, 5.74) is 0. The summed E-state index contributed by atoms with van der Waals surface area (Å²) in [4.78, 5) is 12.8. The number of sulfone groups is 1. The van der Waals surface area contributed by atoms with Gasteiger partial charge in [0.05, 0.1) is 11.7 Å². The van der Waals surface area contributed by atoms with E-state index in [1.807, 2.05) is 11.8 Å². The van der Waals surface area contributed by atoms with Gasteiger partial charge in [-0.2, -0.15) is 0 Å². The number of carbonyl (C=O) groups is 1. The summed E-state index contributed by atoms with van der Waals surface area (Å²) in [7, 11) is -2.95. The van der Waals surface area contributed by atoms with Gasteiger partial charge in [-0.1, -0.05) is 13.8 Å². The standard InChI is InChI=1S/C10H19NO4S/c1-3-16(14,15)5-4-11-6-8(2)9(7-11)10(12)13/h8-9H,3-7H2,1-2H3,(H,12,13)/t8-,9-/m1/s1. The minimum absolute atomic E-state index is 0.0989. The number of carboxylic acids is 1. The maximum atomic E-state index is 11.3. The van der Waals surface area contributed by atoms with Crippen LogP contribution < -0.4 is 0 Å². The summed E-state index contributed by atoms with van der Waals surface area (Å²) in [6.45, 7) is 5.12. The number of aliphatic carboxylic acids is 1. The van der Waals surface area contributed by atoms with Crippen molar-refractivity contribution in [2.75, 3.05) is 31.1 Å². The second-order valence-corrected chi connectivity index (χ2v) is 6.89. The molecular formula is C10H19NO4S. The van der Waals surface area contributed by atoms with Crippen LogP contribution >= 0.6 is 0 Å². The predicted octanol–water partition coefficient (Wildman–Crippen LogP) is 0.0736. The van der Waals surface area contributed by atoms with Gasteiger partial charge in [0.1, 0.15) is 0 Å². The number of likely N-dealkylation sites (tertiary alicyclic amines) is 1. The lowest BCUT2D eigenvalue weighted by molar-refractivity contribution is -0.142. The molecule has 1 heterocycles.